The molecule has 0 saturated heterocycles. The van der Waals surface area contributed by atoms with E-state index in [0.717, 1.165) is 5.92 Å². The van der Waals surface area contributed by atoms with Gasteiger partial charge in [0.05, 0.1) is 0 Å². The molecule has 19 heavy (non-hydrogen) atoms. The second-order valence-corrected chi connectivity index (χ2v) is 6.68. The van der Waals surface area contributed by atoms with E-state index in [0.29, 0.717) is 0 Å². The number of aromatic amines is 1. The van der Waals surface area contributed by atoms with Gasteiger partial charge >= 0.3 is 0 Å². The Morgan fingerprint density at radius 3 is 2.05 bits per heavy atom. The van der Waals surface area contributed by atoms with Gasteiger partial charge in [-0.25, -0.2) is 0 Å². The monoisotopic (exact) mass is 259 g/mol. The van der Waals surface area contributed by atoms with Crippen molar-refractivity contribution in [1.29, 1.82) is 0 Å². The zero-order valence-electron chi connectivity index (χ0n) is 12.3. The Morgan fingerprint density at radius 1 is 0.737 bits per heavy atom. The quantitative estimate of drug-likeness (QED) is 0.685. The van der Waals surface area contributed by atoms with Crippen LogP contribution < -0.4 is 0 Å². The van der Waals surface area contributed by atoms with Crippen LogP contribution in [0.2, 0.25) is 0 Å². The lowest BCUT2D eigenvalue weighted by molar-refractivity contribution is 0.457. The van der Waals surface area contributed by atoms with Crippen molar-refractivity contribution in [3.05, 3.63) is 23.0 Å². The summed E-state index contributed by atoms with van der Waals surface area (Å²) >= 11 is 0. The van der Waals surface area contributed by atoms with Crippen LogP contribution in [-0.4, -0.2) is 4.98 Å². The van der Waals surface area contributed by atoms with Crippen molar-refractivity contribution in [2.45, 2.75) is 89.4 Å². The molecule has 3 rings (SSSR count). The van der Waals surface area contributed by atoms with Crippen molar-refractivity contribution < 1.29 is 0 Å². The van der Waals surface area contributed by atoms with E-state index < -0.39 is 0 Å². The molecule has 0 spiro atoms. The van der Waals surface area contributed by atoms with E-state index in [4.69, 9.17) is 0 Å². The third-order valence-corrected chi connectivity index (χ3v) is 5.18. The first-order valence-corrected chi connectivity index (χ1v) is 8.64. The summed E-state index contributed by atoms with van der Waals surface area (Å²) in [5.41, 5.74) is 4.78. The third-order valence-electron chi connectivity index (χ3n) is 5.18. The highest BCUT2D eigenvalue weighted by Gasteiger charge is 2.18. The predicted octanol–water partition coefficient (Wildman–Crippen LogP) is 5.50. The molecular weight excluding hydrogens is 230 g/mol. The average Bonchev–Trinajstić information content (AvgIpc) is 2.88. The highest BCUT2D eigenvalue weighted by molar-refractivity contribution is 5.30. The molecule has 106 valence electrons. The molecule has 0 atom stereocenters. The lowest BCUT2D eigenvalue weighted by atomic mass is 9.89. The summed E-state index contributed by atoms with van der Waals surface area (Å²) in [5, 5.41) is 0. The fourth-order valence-corrected chi connectivity index (χ4v) is 3.97. The number of fused-ring (bicyclic) bond motifs is 1. The van der Waals surface area contributed by atoms with Gasteiger partial charge in [0, 0.05) is 11.4 Å². The molecule has 0 aliphatic heterocycles. The molecule has 2 aliphatic carbocycles. The molecule has 0 unspecified atom stereocenters. The van der Waals surface area contributed by atoms with Crippen molar-refractivity contribution in [3.63, 3.8) is 0 Å². The maximum absolute atomic E-state index is 3.79. The van der Waals surface area contributed by atoms with Crippen molar-refractivity contribution in [2.24, 2.45) is 0 Å². The maximum Gasteiger partial charge on any atom is 0.0183 e. The van der Waals surface area contributed by atoms with Crippen molar-refractivity contribution in [3.8, 4) is 0 Å². The smallest absolute Gasteiger partial charge is 0.0183 e. The number of aryl methyl sites for hydroxylation is 2. The Morgan fingerprint density at radius 2 is 1.37 bits per heavy atom. The number of H-pyrrole nitrogens is 1. The minimum absolute atomic E-state index is 0.823. The third kappa shape index (κ3) is 3.43. The number of rotatable bonds is 1. The number of aromatic nitrogens is 1. The van der Waals surface area contributed by atoms with Crippen LogP contribution in [0, 0.1) is 0 Å². The molecule has 1 heterocycles. The normalized spacial score (nSPS) is 22.9. The molecule has 1 fully saturated rings. The molecule has 0 radical (unpaired) electrons. The van der Waals surface area contributed by atoms with Gasteiger partial charge in [0.2, 0.25) is 0 Å². The second-order valence-electron chi connectivity index (χ2n) is 6.68. The Kier molecular flexibility index (Phi) is 4.63. The Labute approximate surface area is 118 Å². The minimum Gasteiger partial charge on any atom is -0.362 e. The van der Waals surface area contributed by atoms with Crippen LogP contribution in [0.5, 0.6) is 0 Å². The largest absolute Gasteiger partial charge is 0.362 e. The van der Waals surface area contributed by atoms with E-state index in [9.17, 15) is 0 Å². The molecule has 1 N–H and O–H groups in total. The Balaban J connectivity index is 1.68. The van der Waals surface area contributed by atoms with Crippen LogP contribution in [-0.2, 0) is 12.8 Å². The standard InChI is InChI=1S/C18H29N/c1-2-4-6-10-15(11-7-5-3-1)18-14-16-12-8-9-13-17(16)19-18/h14-15,19H,1-13H2. The first kappa shape index (κ1) is 13.3. The summed E-state index contributed by atoms with van der Waals surface area (Å²) in [5.74, 6) is 0.823. The fraction of sp³-hybridized carbons (Fsp3) is 0.778. The molecule has 1 saturated carbocycles. The topological polar surface area (TPSA) is 15.8 Å². The minimum atomic E-state index is 0.823. The first-order chi connectivity index (χ1) is 9.43. The predicted molar refractivity (Wildman–Crippen MR) is 81.7 cm³/mol. The number of hydrogen-bond acceptors (Lipinski definition) is 0. The molecule has 1 aromatic heterocycles. The lowest BCUT2D eigenvalue weighted by Gasteiger charge is -2.17. The van der Waals surface area contributed by atoms with Gasteiger partial charge in [-0.15, -0.1) is 0 Å². The van der Waals surface area contributed by atoms with E-state index in [2.05, 4.69) is 11.1 Å². The van der Waals surface area contributed by atoms with Gasteiger partial charge in [-0.05, 0) is 56.1 Å². The van der Waals surface area contributed by atoms with Crippen LogP contribution >= 0.6 is 0 Å². The van der Waals surface area contributed by atoms with E-state index in [1.807, 2.05) is 0 Å². The fourth-order valence-electron chi connectivity index (χ4n) is 3.97. The summed E-state index contributed by atoms with van der Waals surface area (Å²) < 4.78 is 0. The highest BCUT2D eigenvalue weighted by atomic mass is 14.7. The van der Waals surface area contributed by atoms with Crippen LogP contribution in [0.4, 0.5) is 0 Å². The lowest BCUT2D eigenvalue weighted by Crippen LogP contribution is -2.02. The van der Waals surface area contributed by atoms with E-state index in [1.165, 1.54) is 83.5 Å². The van der Waals surface area contributed by atoms with Gasteiger partial charge in [0.1, 0.15) is 0 Å². The molecule has 2 aliphatic rings. The van der Waals surface area contributed by atoms with Gasteiger partial charge in [-0.3, -0.25) is 0 Å². The molecule has 1 nitrogen and oxygen atoms in total. The Bertz CT molecular complexity index is 357. The summed E-state index contributed by atoms with van der Waals surface area (Å²) in [6.07, 6.45) is 18.4. The first-order valence-electron chi connectivity index (χ1n) is 8.64. The molecule has 0 bridgehead atoms. The van der Waals surface area contributed by atoms with Crippen LogP contribution in [0.15, 0.2) is 6.07 Å². The van der Waals surface area contributed by atoms with Gasteiger partial charge in [0.15, 0.2) is 0 Å². The average molecular weight is 259 g/mol. The van der Waals surface area contributed by atoms with Crippen LogP contribution in [0.1, 0.15) is 93.5 Å². The SMILES string of the molecule is c1c(C2CCCCCCCCC2)[nH]c2c1CCCC2. The summed E-state index contributed by atoms with van der Waals surface area (Å²) in [6, 6.07) is 2.52. The van der Waals surface area contributed by atoms with E-state index >= 15 is 0 Å². The van der Waals surface area contributed by atoms with E-state index in [-0.39, 0.29) is 0 Å². The zero-order valence-corrected chi connectivity index (χ0v) is 12.3. The highest BCUT2D eigenvalue weighted by Crippen LogP contribution is 2.32. The molecule has 1 heteroatoms. The zero-order chi connectivity index (χ0) is 12.9. The van der Waals surface area contributed by atoms with Crippen molar-refractivity contribution >= 4 is 0 Å². The summed E-state index contributed by atoms with van der Waals surface area (Å²) in [6.45, 7) is 0. The van der Waals surface area contributed by atoms with Gasteiger partial charge < -0.3 is 4.98 Å². The molecule has 0 aromatic carbocycles. The van der Waals surface area contributed by atoms with Gasteiger partial charge in [-0.1, -0.05) is 44.9 Å². The Hall–Kier alpha value is -0.720. The number of nitrogens with one attached hydrogen (secondary N) is 1. The van der Waals surface area contributed by atoms with Crippen LogP contribution in [0.25, 0.3) is 0 Å². The number of hydrogen-bond donors (Lipinski definition) is 1. The molecular formula is C18H29N. The molecule has 0 amide bonds. The van der Waals surface area contributed by atoms with Crippen molar-refractivity contribution in [2.75, 3.05) is 0 Å². The van der Waals surface area contributed by atoms with Gasteiger partial charge in [-0.2, -0.15) is 0 Å². The summed E-state index contributed by atoms with van der Waals surface area (Å²) in [4.78, 5) is 3.79. The summed E-state index contributed by atoms with van der Waals surface area (Å²) in [7, 11) is 0. The van der Waals surface area contributed by atoms with Crippen LogP contribution in [0.3, 0.4) is 0 Å². The molecule has 1 aromatic rings. The maximum atomic E-state index is 3.79. The van der Waals surface area contributed by atoms with E-state index in [1.54, 1.807) is 17.0 Å². The van der Waals surface area contributed by atoms with Gasteiger partial charge in [0.25, 0.3) is 0 Å². The van der Waals surface area contributed by atoms with Crippen molar-refractivity contribution in [1.82, 2.24) is 4.98 Å². The second kappa shape index (κ2) is 6.63.